The fourth-order valence-corrected chi connectivity index (χ4v) is 0.163. The van der Waals surface area contributed by atoms with Gasteiger partial charge in [0.15, 0.2) is 0 Å². The highest BCUT2D eigenvalue weighted by molar-refractivity contribution is 5.54. The van der Waals surface area contributed by atoms with Crippen LogP contribution < -0.4 is 0 Å². The third-order valence-corrected chi connectivity index (χ3v) is 0.388. The molecule has 0 saturated heterocycles. The summed E-state index contributed by atoms with van der Waals surface area (Å²) < 4.78 is 0. The van der Waals surface area contributed by atoms with Gasteiger partial charge in [-0.1, -0.05) is 0 Å². The summed E-state index contributed by atoms with van der Waals surface area (Å²) in [7, 11) is 0. The predicted octanol–water partition coefficient (Wildman–Crippen LogP) is 1.51. The van der Waals surface area contributed by atoms with Gasteiger partial charge in [-0.25, -0.2) is 0 Å². The second-order valence-electron chi connectivity index (χ2n) is 0.854. The van der Waals surface area contributed by atoms with E-state index >= 15 is 0 Å². The van der Waals surface area contributed by atoms with Gasteiger partial charge in [-0.3, -0.25) is 4.99 Å². The van der Waals surface area contributed by atoms with Crippen molar-refractivity contribution < 1.29 is 0 Å². The maximum Gasteiger partial charge on any atom is 0.323 e. The Morgan fingerprint density at radius 2 is 2.43 bits per heavy atom. The lowest BCUT2D eigenvalue weighted by atomic mass is 10.8. The molecule has 2 heteroatoms. The summed E-state index contributed by atoms with van der Waals surface area (Å²) in [4.78, 5) is 6.86. The first-order valence-electron chi connectivity index (χ1n) is 1.94. The monoisotopic (exact) mass is 95.1 g/mol. The van der Waals surface area contributed by atoms with Gasteiger partial charge in [0.25, 0.3) is 6.57 Å². The molecule has 0 radical (unpaired) electrons. The zero-order chi connectivity index (χ0) is 5.54. The molecule has 0 aliphatic carbocycles. The summed E-state index contributed by atoms with van der Waals surface area (Å²) in [5.41, 5.74) is 0. The summed E-state index contributed by atoms with van der Waals surface area (Å²) in [6.45, 7) is 6.55. The lowest BCUT2D eigenvalue weighted by Gasteiger charge is -1.58. The molecule has 0 aliphatic rings. The van der Waals surface area contributed by atoms with E-state index in [0.717, 1.165) is 0 Å². The largest absolute Gasteiger partial charge is 0.323 e. The quantitative estimate of drug-likeness (QED) is 0.439. The lowest BCUT2D eigenvalue weighted by molar-refractivity contribution is 1.58. The van der Waals surface area contributed by atoms with Crippen LogP contribution in [0.1, 0.15) is 6.92 Å². The smallest absolute Gasteiger partial charge is 0.262 e. The van der Waals surface area contributed by atoms with Gasteiger partial charge in [0.05, 0.1) is 0 Å². The highest BCUT2D eigenvalue weighted by Crippen LogP contribution is 1.71. The van der Waals surface area contributed by atoms with E-state index in [0.29, 0.717) is 0 Å². The summed E-state index contributed by atoms with van der Waals surface area (Å²) in [6, 6.07) is 0. The van der Waals surface area contributed by atoms with Crippen LogP contribution in [0, 0.1) is 6.57 Å². The van der Waals surface area contributed by atoms with Gasteiger partial charge in [-0.05, 0) is 11.8 Å². The van der Waals surface area contributed by atoms with Crippen molar-refractivity contribution >= 4 is 6.21 Å². The van der Waals surface area contributed by atoms with Crippen LogP contribution >= 0.6 is 0 Å². The van der Waals surface area contributed by atoms with Crippen molar-refractivity contribution in [2.24, 2.45) is 4.99 Å². The first-order valence-corrected chi connectivity index (χ1v) is 1.94. The molecule has 0 N–H and O–H groups in total. The highest BCUT2D eigenvalue weighted by atomic mass is 14.7. The molecule has 7 heavy (non-hydrogen) atoms. The van der Waals surface area contributed by atoms with Crippen molar-refractivity contribution in [2.45, 2.75) is 6.92 Å². The molecule has 0 spiro atoms. The minimum atomic E-state index is 1.42. The Morgan fingerprint density at radius 3 is 2.86 bits per heavy atom. The van der Waals surface area contributed by atoms with Crippen LogP contribution in [-0.4, -0.2) is 6.21 Å². The van der Waals surface area contributed by atoms with Crippen molar-refractivity contribution in [1.29, 1.82) is 0 Å². The van der Waals surface area contributed by atoms with Crippen LogP contribution in [0.3, 0.4) is 0 Å². The van der Waals surface area contributed by atoms with Crippen LogP contribution in [0.15, 0.2) is 17.4 Å². The molecule has 2 nitrogen and oxygen atoms in total. The summed E-state index contributed by atoms with van der Waals surface area (Å²) >= 11 is 0. The first kappa shape index (κ1) is 5.90. The van der Waals surface area contributed by atoms with E-state index in [9.17, 15) is 0 Å². The minimum absolute atomic E-state index is 1.42. The molecule has 0 amide bonds. The van der Waals surface area contributed by atoms with E-state index in [1.165, 1.54) is 12.4 Å². The normalized spacial score (nSPS) is 10.3. The van der Waals surface area contributed by atoms with E-state index < -0.39 is 0 Å². The number of hydrogen-bond donors (Lipinski definition) is 0. The third-order valence-electron chi connectivity index (χ3n) is 0.388. The molecule has 0 atom stereocenters. The van der Waals surface area contributed by atoms with Crippen LogP contribution in [-0.2, 0) is 0 Å². The zero-order valence-corrected chi connectivity index (χ0v) is 4.20. The maximum atomic E-state index is 4.73. The Balaban J connectivity index is 3.33. The summed E-state index contributed by atoms with van der Waals surface area (Å²) in [6.07, 6.45) is 4.58. The van der Waals surface area contributed by atoms with E-state index in [2.05, 4.69) is 9.84 Å². The molecule has 0 aromatic heterocycles. The van der Waals surface area contributed by atoms with E-state index in [1.54, 1.807) is 6.21 Å². The Bertz CT molecular complexity index is 117. The first-order chi connectivity index (χ1) is 3.41. The number of rotatable bonds is 1. The molecule has 0 rings (SSSR count). The molecule has 0 aromatic rings. The topological polar surface area (TPSA) is 16.7 Å². The molecule has 0 heterocycles. The standard InChI is InChI=1S/C5H7N2/c1-3-7-5-4-6-2/h2-5H,1H3/q+1/b5-4-,7-3?. The fourth-order valence-electron chi connectivity index (χ4n) is 0.163. The predicted molar refractivity (Wildman–Crippen MR) is 31.6 cm³/mol. The Hall–Kier alpha value is -1.10. The van der Waals surface area contributed by atoms with Gasteiger partial charge in [0.2, 0.25) is 0 Å². The Labute approximate surface area is 43.0 Å². The molecule has 0 aliphatic heterocycles. The van der Waals surface area contributed by atoms with Crippen molar-refractivity contribution in [2.75, 3.05) is 0 Å². The third kappa shape index (κ3) is 4.90. The molecule has 0 aromatic carbocycles. The molecule has 0 unspecified atom stereocenters. The van der Waals surface area contributed by atoms with Gasteiger partial charge in [0, 0.05) is 6.21 Å². The number of hydrogen-bond acceptors (Lipinski definition) is 1. The molecular weight excluding hydrogens is 88.1 g/mol. The van der Waals surface area contributed by atoms with Gasteiger partial charge < -0.3 is 0 Å². The van der Waals surface area contributed by atoms with Crippen LogP contribution in [0.5, 0.6) is 0 Å². The van der Waals surface area contributed by atoms with Crippen molar-refractivity contribution in [3.05, 3.63) is 17.2 Å². The van der Waals surface area contributed by atoms with Crippen LogP contribution in [0.25, 0.3) is 4.85 Å². The highest BCUT2D eigenvalue weighted by Gasteiger charge is 1.64. The number of aliphatic imine (C=N–C) groups is 1. The molecule has 0 bridgehead atoms. The van der Waals surface area contributed by atoms with Crippen molar-refractivity contribution in [3.8, 4) is 6.57 Å². The average molecular weight is 95.1 g/mol. The summed E-state index contributed by atoms with van der Waals surface area (Å²) in [5.74, 6) is 0. The second-order valence-corrected chi connectivity index (χ2v) is 0.854. The maximum absolute atomic E-state index is 4.73. The fraction of sp³-hybridized carbons (Fsp3) is 0.200. The molecule has 36 valence electrons. The SMILES string of the molecule is C#[N+]/C=C\N=CC. The molecular formula is C5H7N2+. The molecule has 0 fully saturated rings. The number of nitrogens with zero attached hydrogens (tertiary/aromatic N) is 2. The van der Waals surface area contributed by atoms with E-state index in [-0.39, 0.29) is 0 Å². The van der Waals surface area contributed by atoms with E-state index in [4.69, 9.17) is 6.57 Å². The Morgan fingerprint density at radius 1 is 1.71 bits per heavy atom. The van der Waals surface area contributed by atoms with Gasteiger partial charge in [-0.2, -0.15) is 0 Å². The summed E-state index contributed by atoms with van der Waals surface area (Å²) in [5, 5.41) is 0. The van der Waals surface area contributed by atoms with Gasteiger partial charge in [0.1, 0.15) is 6.20 Å². The van der Waals surface area contributed by atoms with Crippen LogP contribution in [0.2, 0.25) is 0 Å². The molecule has 0 saturated carbocycles. The van der Waals surface area contributed by atoms with Crippen molar-refractivity contribution in [1.82, 2.24) is 0 Å². The van der Waals surface area contributed by atoms with Crippen LogP contribution in [0.4, 0.5) is 0 Å². The Kier molecular flexibility index (Phi) is 4.13. The van der Waals surface area contributed by atoms with Gasteiger partial charge in [-0.15, -0.1) is 0 Å². The van der Waals surface area contributed by atoms with E-state index in [1.807, 2.05) is 6.92 Å². The second kappa shape index (κ2) is 4.90. The zero-order valence-electron chi connectivity index (χ0n) is 4.20. The van der Waals surface area contributed by atoms with Gasteiger partial charge >= 0.3 is 6.20 Å². The lowest BCUT2D eigenvalue weighted by Crippen LogP contribution is -1.50. The van der Waals surface area contributed by atoms with Crippen molar-refractivity contribution in [3.63, 3.8) is 0 Å². The average Bonchev–Trinajstić information content (AvgIpc) is 1.69. The minimum Gasteiger partial charge on any atom is -0.262 e.